The van der Waals surface area contributed by atoms with E-state index >= 15 is 0 Å². The van der Waals surface area contributed by atoms with Crippen molar-refractivity contribution in [3.63, 3.8) is 0 Å². The summed E-state index contributed by atoms with van der Waals surface area (Å²) in [6.45, 7) is 10.4. The fourth-order valence-electron chi connectivity index (χ4n) is 3.67. The monoisotopic (exact) mass is 361 g/mol. The fourth-order valence-corrected chi connectivity index (χ4v) is 3.67. The summed E-state index contributed by atoms with van der Waals surface area (Å²) in [6.07, 6.45) is 13.2. The van der Waals surface area contributed by atoms with Crippen LogP contribution in [-0.4, -0.2) is 24.2 Å². The number of carbonyl (C=O) groups excluding carboxylic acids is 2. The van der Waals surface area contributed by atoms with Gasteiger partial charge in [0.05, 0.1) is 0 Å². The van der Waals surface area contributed by atoms with Crippen molar-refractivity contribution in [2.24, 2.45) is 0 Å². The molecule has 1 aliphatic rings. The zero-order valence-corrected chi connectivity index (χ0v) is 17.7. The van der Waals surface area contributed by atoms with Crippen LogP contribution in [0, 0.1) is 0 Å². The molecule has 0 spiro atoms. The van der Waals surface area contributed by atoms with E-state index in [9.17, 15) is 9.59 Å². The van der Waals surface area contributed by atoms with Crippen molar-refractivity contribution in [1.29, 1.82) is 0 Å². The molecule has 3 heteroatoms. The highest BCUT2D eigenvalue weighted by atomic mass is 16.1. The molecule has 0 saturated heterocycles. The summed E-state index contributed by atoms with van der Waals surface area (Å²) in [6, 6.07) is -0.0620. The van der Waals surface area contributed by atoms with E-state index in [0.717, 1.165) is 13.0 Å². The molecule has 0 saturated carbocycles. The van der Waals surface area contributed by atoms with Gasteiger partial charge in [-0.25, -0.2) is 0 Å². The lowest BCUT2D eigenvalue weighted by molar-refractivity contribution is -0.116. The molecule has 1 aliphatic carbocycles. The van der Waals surface area contributed by atoms with Gasteiger partial charge in [0.15, 0.2) is 11.6 Å². The van der Waals surface area contributed by atoms with Crippen LogP contribution in [0.3, 0.4) is 0 Å². The third kappa shape index (κ3) is 6.83. The Balaban J connectivity index is 2.22. The molecular formula is C23H39NO2. The van der Waals surface area contributed by atoms with Gasteiger partial charge in [0.1, 0.15) is 0 Å². The first-order chi connectivity index (χ1) is 12.4. The molecule has 1 unspecified atom stereocenters. The molecule has 148 valence electrons. The normalized spacial score (nSPS) is 16.7. The second kappa shape index (κ2) is 12.2. The predicted molar refractivity (Wildman–Crippen MR) is 110 cm³/mol. The summed E-state index contributed by atoms with van der Waals surface area (Å²) >= 11 is 0. The lowest BCUT2D eigenvalue weighted by Crippen LogP contribution is -2.36. The summed E-state index contributed by atoms with van der Waals surface area (Å²) in [5, 5.41) is 3.44. The number of ketones is 2. The van der Waals surface area contributed by atoms with Gasteiger partial charge in [-0.3, -0.25) is 9.59 Å². The van der Waals surface area contributed by atoms with Gasteiger partial charge >= 0.3 is 0 Å². The largest absolute Gasteiger partial charge is 0.310 e. The van der Waals surface area contributed by atoms with Gasteiger partial charge in [0, 0.05) is 28.3 Å². The van der Waals surface area contributed by atoms with Gasteiger partial charge in [-0.05, 0) is 40.7 Å². The molecule has 0 aromatic heterocycles. The van der Waals surface area contributed by atoms with E-state index in [1.54, 1.807) is 20.8 Å². The molecule has 0 aromatic rings. The van der Waals surface area contributed by atoms with Crippen LogP contribution in [0.2, 0.25) is 0 Å². The summed E-state index contributed by atoms with van der Waals surface area (Å²) < 4.78 is 0. The number of rotatable bonds is 13. The smallest absolute Gasteiger partial charge is 0.187 e. The standard InChI is InChI=1S/C23H39NO2/c1-6-7-8-9-10-11-12-13-14-15-16-24-20(5)21-19(4)22(25)17(2)18(3)23(21)26/h20,24H,6-16H2,1-5H3. The maximum atomic E-state index is 12.5. The predicted octanol–water partition coefficient (Wildman–Crippen LogP) is 5.69. The van der Waals surface area contributed by atoms with Crippen LogP contribution in [0.4, 0.5) is 0 Å². The SMILES string of the molecule is CCCCCCCCCCCCNC(C)C1=C(C)C(=O)C(C)=C(C)C1=O. The number of hydrogen-bond acceptors (Lipinski definition) is 3. The molecule has 1 atom stereocenters. The van der Waals surface area contributed by atoms with Crippen molar-refractivity contribution in [3.8, 4) is 0 Å². The van der Waals surface area contributed by atoms with Crippen LogP contribution in [-0.2, 0) is 9.59 Å². The van der Waals surface area contributed by atoms with Crippen molar-refractivity contribution < 1.29 is 9.59 Å². The Morgan fingerprint density at radius 3 is 1.69 bits per heavy atom. The molecule has 0 radical (unpaired) electrons. The second-order valence-electron chi connectivity index (χ2n) is 7.80. The van der Waals surface area contributed by atoms with Crippen molar-refractivity contribution in [1.82, 2.24) is 5.32 Å². The van der Waals surface area contributed by atoms with E-state index in [1.165, 1.54) is 57.8 Å². The van der Waals surface area contributed by atoms with E-state index in [2.05, 4.69) is 12.2 Å². The van der Waals surface area contributed by atoms with Gasteiger partial charge in [-0.15, -0.1) is 0 Å². The van der Waals surface area contributed by atoms with E-state index in [-0.39, 0.29) is 17.6 Å². The van der Waals surface area contributed by atoms with Crippen LogP contribution < -0.4 is 5.32 Å². The highest BCUT2D eigenvalue weighted by molar-refractivity contribution is 6.25. The zero-order chi connectivity index (χ0) is 19.5. The first kappa shape index (κ1) is 22.8. The Labute approximate surface area is 160 Å². The fraction of sp³-hybridized carbons (Fsp3) is 0.739. The minimum Gasteiger partial charge on any atom is -0.310 e. The first-order valence-corrected chi connectivity index (χ1v) is 10.6. The number of hydrogen-bond donors (Lipinski definition) is 1. The highest BCUT2D eigenvalue weighted by Gasteiger charge is 2.30. The average molecular weight is 362 g/mol. The highest BCUT2D eigenvalue weighted by Crippen LogP contribution is 2.26. The van der Waals surface area contributed by atoms with Crippen molar-refractivity contribution >= 4 is 11.6 Å². The van der Waals surface area contributed by atoms with Gasteiger partial charge in [-0.2, -0.15) is 0 Å². The molecule has 3 nitrogen and oxygen atoms in total. The Morgan fingerprint density at radius 2 is 1.15 bits per heavy atom. The number of allylic oxidation sites excluding steroid dienone is 3. The topological polar surface area (TPSA) is 46.2 Å². The lowest BCUT2D eigenvalue weighted by atomic mass is 9.83. The molecule has 1 N–H and O–H groups in total. The van der Waals surface area contributed by atoms with E-state index in [1.807, 2.05) is 6.92 Å². The van der Waals surface area contributed by atoms with E-state index in [4.69, 9.17) is 0 Å². The third-order valence-electron chi connectivity index (χ3n) is 5.65. The van der Waals surface area contributed by atoms with Gasteiger partial charge in [0.2, 0.25) is 0 Å². The molecule has 1 rings (SSSR count). The van der Waals surface area contributed by atoms with Crippen molar-refractivity contribution in [2.75, 3.05) is 6.54 Å². The Kier molecular flexibility index (Phi) is 10.7. The number of Topliss-reactive ketones (excluding diaryl/α,β-unsaturated/α-hetero) is 2. The van der Waals surface area contributed by atoms with Gasteiger partial charge in [-0.1, -0.05) is 64.7 Å². The zero-order valence-electron chi connectivity index (χ0n) is 17.7. The van der Waals surface area contributed by atoms with Crippen LogP contribution in [0.15, 0.2) is 22.3 Å². The van der Waals surface area contributed by atoms with Gasteiger partial charge < -0.3 is 5.32 Å². The average Bonchev–Trinajstić information content (AvgIpc) is 2.63. The number of unbranched alkanes of at least 4 members (excludes halogenated alkanes) is 9. The molecule has 0 aliphatic heterocycles. The molecule has 0 aromatic carbocycles. The minimum absolute atomic E-state index is 0.0182. The van der Waals surface area contributed by atoms with Crippen molar-refractivity contribution in [3.05, 3.63) is 22.3 Å². The molecule has 26 heavy (non-hydrogen) atoms. The summed E-state index contributed by atoms with van der Waals surface area (Å²) in [4.78, 5) is 24.8. The molecule has 0 heterocycles. The van der Waals surface area contributed by atoms with Crippen LogP contribution in [0.5, 0.6) is 0 Å². The van der Waals surface area contributed by atoms with E-state index < -0.39 is 0 Å². The summed E-state index contributed by atoms with van der Waals surface area (Å²) in [7, 11) is 0. The lowest BCUT2D eigenvalue weighted by Gasteiger charge is -2.24. The Hall–Kier alpha value is -1.22. The molecule has 0 amide bonds. The van der Waals surface area contributed by atoms with Crippen LogP contribution in [0.25, 0.3) is 0 Å². The minimum atomic E-state index is -0.0620. The second-order valence-corrected chi connectivity index (χ2v) is 7.80. The third-order valence-corrected chi connectivity index (χ3v) is 5.65. The summed E-state index contributed by atoms with van der Waals surface area (Å²) in [5.74, 6) is 0.0485. The van der Waals surface area contributed by atoms with Gasteiger partial charge in [0.25, 0.3) is 0 Å². The van der Waals surface area contributed by atoms with Crippen molar-refractivity contribution in [2.45, 2.75) is 105 Å². The maximum Gasteiger partial charge on any atom is 0.187 e. The number of carbonyl (C=O) groups is 2. The van der Waals surface area contributed by atoms with Crippen LogP contribution >= 0.6 is 0 Å². The first-order valence-electron chi connectivity index (χ1n) is 10.6. The molecule has 0 fully saturated rings. The number of nitrogens with one attached hydrogen (secondary N) is 1. The Bertz CT molecular complexity index is 542. The van der Waals surface area contributed by atoms with E-state index in [0.29, 0.717) is 22.3 Å². The molecular weight excluding hydrogens is 322 g/mol. The quantitative estimate of drug-likeness (QED) is 0.338. The van der Waals surface area contributed by atoms with Crippen LogP contribution in [0.1, 0.15) is 98.8 Å². The summed E-state index contributed by atoms with van der Waals surface area (Å²) in [5.41, 5.74) is 2.47. The maximum absolute atomic E-state index is 12.5. The Morgan fingerprint density at radius 1 is 0.692 bits per heavy atom. The molecule has 0 bridgehead atoms.